The normalized spacial score (nSPS) is 19.8. The first-order valence-corrected chi connectivity index (χ1v) is 10.4. The third kappa shape index (κ3) is 3.65. The molecule has 4 rings (SSSR count). The summed E-state index contributed by atoms with van der Waals surface area (Å²) in [6.07, 6.45) is 3.62. The molecule has 8 heteroatoms. The molecule has 0 atom stereocenters. The van der Waals surface area contributed by atoms with Gasteiger partial charge in [0.05, 0.1) is 44.0 Å². The first-order chi connectivity index (χ1) is 14.0. The van der Waals surface area contributed by atoms with Crippen molar-refractivity contribution in [1.29, 1.82) is 0 Å². The maximum Gasteiger partial charge on any atom is 0.325 e. The molecule has 29 heavy (non-hydrogen) atoms. The van der Waals surface area contributed by atoms with Gasteiger partial charge in [-0.1, -0.05) is 42.2 Å². The molecule has 0 aliphatic carbocycles. The Balaban J connectivity index is 1.75. The van der Waals surface area contributed by atoms with Gasteiger partial charge < -0.3 is 14.5 Å². The standard InChI is InChI=1S/C21H18FN3O2S2/c1-13-19(21-24(2)16-9-6-8-15(22)20(16)29-21)28-17(25(13)12-18(26)27-3)11-14-7-4-5-10-23-14/h4-11H,1,12H2,2-3H3/b17-11-,21-19+. The molecule has 0 N–H and O–H groups in total. The molecule has 5 nitrogen and oxygen atoms in total. The second kappa shape index (κ2) is 7.96. The minimum absolute atomic E-state index is 0.0352. The highest BCUT2D eigenvalue weighted by atomic mass is 32.2. The lowest BCUT2D eigenvalue weighted by molar-refractivity contribution is -0.140. The van der Waals surface area contributed by atoms with E-state index >= 15 is 0 Å². The van der Waals surface area contributed by atoms with E-state index < -0.39 is 0 Å². The number of pyridine rings is 1. The fourth-order valence-corrected chi connectivity index (χ4v) is 5.53. The van der Waals surface area contributed by atoms with Crippen LogP contribution in [0.1, 0.15) is 5.69 Å². The van der Waals surface area contributed by atoms with Crippen LogP contribution in [-0.4, -0.2) is 36.6 Å². The summed E-state index contributed by atoms with van der Waals surface area (Å²) in [7, 11) is 3.26. The molecule has 0 unspecified atom stereocenters. The van der Waals surface area contributed by atoms with Gasteiger partial charge in [0.2, 0.25) is 0 Å². The number of methoxy groups -OCH3 is 1. The lowest BCUT2D eigenvalue weighted by Gasteiger charge is -2.19. The van der Waals surface area contributed by atoms with Crippen LogP contribution in [-0.2, 0) is 9.53 Å². The van der Waals surface area contributed by atoms with Crippen molar-refractivity contribution in [3.8, 4) is 0 Å². The first-order valence-electron chi connectivity index (χ1n) is 8.78. The largest absolute Gasteiger partial charge is 0.468 e. The van der Waals surface area contributed by atoms with Crippen molar-refractivity contribution >= 4 is 41.3 Å². The van der Waals surface area contributed by atoms with Crippen LogP contribution in [0, 0.1) is 5.82 Å². The number of thioether (sulfide) groups is 2. The highest BCUT2D eigenvalue weighted by Gasteiger charge is 2.36. The molecule has 2 aliphatic rings. The Hall–Kier alpha value is -2.71. The third-order valence-electron chi connectivity index (χ3n) is 4.54. The molecule has 1 fully saturated rings. The fourth-order valence-electron chi connectivity index (χ4n) is 3.04. The summed E-state index contributed by atoms with van der Waals surface area (Å²) in [6.45, 7) is 4.24. The number of hydrogen-bond donors (Lipinski definition) is 0. The van der Waals surface area contributed by atoms with Crippen LogP contribution >= 0.6 is 23.5 Å². The van der Waals surface area contributed by atoms with Gasteiger partial charge in [-0.25, -0.2) is 4.39 Å². The number of hydrogen-bond acceptors (Lipinski definition) is 7. The van der Waals surface area contributed by atoms with Crippen LogP contribution in [0.25, 0.3) is 6.08 Å². The minimum atomic E-state index is -0.369. The van der Waals surface area contributed by atoms with Gasteiger partial charge in [-0.3, -0.25) is 9.78 Å². The number of benzene rings is 1. The summed E-state index contributed by atoms with van der Waals surface area (Å²) < 4.78 is 19.1. The average molecular weight is 428 g/mol. The van der Waals surface area contributed by atoms with Gasteiger partial charge in [0, 0.05) is 13.2 Å². The van der Waals surface area contributed by atoms with Crippen LogP contribution in [0.2, 0.25) is 0 Å². The van der Waals surface area contributed by atoms with E-state index in [4.69, 9.17) is 4.74 Å². The van der Waals surface area contributed by atoms with Crippen LogP contribution in [0.3, 0.4) is 0 Å². The molecule has 0 saturated carbocycles. The molecule has 0 amide bonds. The lowest BCUT2D eigenvalue weighted by Crippen LogP contribution is -2.25. The summed E-state index contributed by atoms with van der Waals surface area (Å²) in [5.74, 6) is -0.620. The van der Waals surface area contributed by atoms with Gasteiger partial charge in [0.25, 0.3) is 0 Å². The fraction of sp³-hybridized carbons (Fsp3) is 0.143. The molecule has 0 spiro atoms. The van der Waals surface area contributed by atoms with E-state index in [9.17, 15) is 9.18 Å². The zero-order chi connectivity index (χ0) is 20.5. The topological polar surface area (TPSA) is 45.7 Å². The number of anilines is 1. The summed E-state index contributed by atoms with van der Waals surface area (Å²) in [5.41, 5.74) is 2.25. The Bertz CT molecular complexity index is 1050. The number of halogens is 1. The van der Waals surface area contributed by atoms with E-state index in [1.807, 2.05) is 42.3 Å². The van der Waals surface area contributed by atoms with E-state index in [2.05, 4.69) is 11.6 Å². The molecule has 0 radical (unpaired) electrons. The van der Waals surface area contributed by atoms with Gasteiger partial charge >= 0.3 is 5.97 Å². The maximum atomic E-state index is 14.3. The van der Waals surface area contributed by atoms with Crippen molar-refractivity contribution in [2.45, 2.75) is 4.90 Å². The minimum Gasteiger partial charge on any atom is -0.468 e. The zero-order valence-electron chi connectivity index (χ0n) is 15.9. The third-order valence-corrected chi connectivity index (χ3v) is 7.13. The number of aromatic nitrogens is 1. The Morgan fingerprint density at radius 2 is 2.10 bits per heavy atom. The quantitative estimate of drug-likeness (QED) is 0.660. The molecule has 1 aromatic heterocycles. The molecule has 148 valence electrons. The number of ether oxygens (including phenoxy) is 1. The van der Waals surface area contributed by atoms with Gasteiger partial charge in [-0.2, -0.15) is 0 Å². The van der Waals surface area contributed by atoms with Crippen molar-refractivity contribution in [1.82, 2.24) is 9.88 Å². The molecular weight excluding hydrogens is 409 g/mol. The van der Waals surface area contributed by atoms with Gasteiger partial charge in [0.15, 0.2) is 0 Å². The number of carbonyl (C=O) groups excluding carboxylic acids is 1. The molecule has 1 saturated heterocycles. The van der Waals surface area contributed by atoms with Crippen molar-refractivity contribution in [2.24, 2.45) is 0 Å². The van der Waals surface area contributed by atoms with E-state index in [0.717, 1.165) is 26.3 Å². The van der Waals surface area contributed by atoms with Crippen LogP contribution < -0.4 is 4.90 Å². The van der Waals surface area contributed by atoms with Crippen molar-refractivity contribution in [2.75, 3.05) is 25.6 Å². The van der Waals surface area contributed by atoms with E-state index in [-0.39, 0.29) is 18.3 Å². The summed E-state index contributed by atoms with van der Waals surface area (Å²) in [4.78, 5) is 21.6. The molecule has 1 aromatic carbocycles. The number of fused-ring (bicyclic) bond motifs is 1. The van der Waals surface area contributed by atoms with Gasteiger partial charge in [-0.05, 0) is 30.3 Å². The van der Waals surface area contributed by atoms with Crippen LogP contribution in [0.4, 0.5) is 10.1 Å². The SMILES string of the molecule is C=C1/C(=C2\Sc3c(F)cccc3N2C)S/C(=C\c2ccccn2)N1CC(=O)OC. The van der Waals surface area contributed by atoms with Crippen molar-refractivity contribution in [3.63, 3.8) is 0 Å². The summed E-state index contributed by atoms with van der Waals surface area (Å²) in [6, 6.07) is 10.7. The smallest absolute Gasteiger partial charge is 0.325 e. The number of carbonyl (C=O) groups is 1. The van der Waals surface area contributed by atoms with Gasteiger partial charge in [-0.15, -0.1) is 0 Å². The second-order valence-electron chi connectivity index (χ2n) is 6.33. The molecule has 3 heterocycles. The maximum absolute atomic E-state index is 14.3. The number of nitrogens with zero attached hydrogens (tertiary/aromatic N) is 3. The van der Waals surface area contributed by atoms with Crippen molar-refractivity contribution < 1.29 is 13.9 Å². The summed E-state index contributed by atoms with van der Waals surface area (Å²) in [5, 5.41) is 1.69. The average Bonchev–Trinajstić information content (AvgIpc) is 3.21. The Morgan fingerprint density at radius 1 is 1.28 bits per heavy atom. The predicted molar refractivity (Wildman–Crippen MR) is 115 cm³/mol. The molecule has 2 aliphatic heterocycles. The predicted octanol–water partition coefficient (Wildman–Crippen LogP) is 4.67. The monoisotopic (exact) mass is 427 g/mol. The molecule has 0 bridgehead atoms. The summed E-state index contributed by atoms with van der Waals surface area (Å²) >= 11 is 2.86. The van der Waals surface area contributed by atoms with E-state index in [1.165, 1.54) is 36.7 Å². The lowest BCUT2D eigenvalue weighted by atomic mass is 10.3. The first kappa shape index (κ1) is 19.6. The Morgan fingerprint density at radius 3 is 2.79 bits per heavy atom. The second-order valence-corrected chi connectivity index (χ2v) is 8.36. The Labute approximate surface area is 176 Å². The van der Waals surface area contributed by atoms with Crippen LogP contribution in [0.15, 0.2) is 74.7 Å². The molecular formula is C21H18FN3O2S2. The van der Waals surface area contributed by atoms with E-state index in [0.29, 0.717) is 10.6 Å². The van der Waals surface area contributed by atoms with Gasteiger partial charge in [0.1, 0.15) is 12.4 Å². The number of esters is 1. The zero-order valence-corrected chi connectivity index (χ0v) is 17.5. The van der Waals surface area contributed by atoms with Crippen molar-refractivity contribution in [3.05, 3.63) is 81.3 Å². The highest BCUT2D eigenvalue weighted by Crippen LogP contribution is 2.54. The highest BCUT2D eigenvalue weighted by molar-refractivity contribution is 8.09. The molecule has 2 aromatic rings. The Kier molecular flexibility index (Phi) is 5.38. The van der Waals surface area contributed by atoms with E-state index in [1.54, 1.807) is 17.2 Å². The van der Waals surface area contributed by atoms with Crippen LogP contribution in [0.5, 0.6) is 0 Å². The number of rotatable bonds is 3.